The van der Waals surface area contributed by atoms with E-state index in [9.17, 15) is 0 Å². The number of aromatic nitrogens is 4. The van der Waals surface area contributed by atoms with Gasteiger partial charge in [-0.25, -0.2) is 0 Å². The summed E-state index contributed by atoms with van der Waals surface area (Å²) >= 11 is 3.62. The summed E-state index contributed by atoms with van der Waals surface area (Å²) in [6.45, 7) is 2.08. The van der Waals surface area contributed by atoms with Gasteiger partial charge in [0, 0.05) is 21.9 Å². The van der Waals surface area contributed by atoms with Gasteiger partial charge in [-0.1, -0.05) is 133 Å². The van der Waals surface area contributed by atoms with Crippen LogP contribution >= 0.6 is 15.9 Å². The van der Waals surface area contributed by atoms with E-state index >= 15 is 0 Å². The molecule has 0 aliphatic rings. The molecule has 0 unspecified atom stereocenters. The maximum atomic E-state index is 6.28. The Hall–Kier alpha value is -4.81. The molecule has 5 nitrogen and oxygen atoms in total. The molecule has 0 spiro atoms. The van der Waals surface area contributed by atoms with Crippen molar-refractivity contribution in [3.05, 3.63) is 160 Å². The van der Waals surface area contributed by atoms with Crippen molar-refractivity contribution in [3.63, 3.8) is 0 Å². The van der Waals surface area contributed by atoms with E-state index in [1.54, 1.807) is 4.80 Å². The van der Waals surface area contributed by atoms with E-state index in [0.717, 1.165) is 44.3 Å². The summed E-state index contributed by atoms with van der Waals surface area (Å²) in [5, 5.41) is 16.6. The standard InChI is InChI=1S/C35H25BrN4O/c1-24-21-22-29-31(23-24)33(36)41-32(29)28-19-11-12-20-30(28)34-37-39-40(38-34)35(25-13-5-2-6-14-25,26-15-7-3-8-16-26)27-17-9-4-10-18-27/h2-23H,1H3. The van der Waals surface area contributed by atoms with Gasteiger partial charge in [0.2, 0.25) is 5.82 Å². The number of fused-ring (bicyclic) bond motifs is 1. The van der Waals surface area contributed by atoms with Crippen LogP contribution in [0.1, 0.15) is 22.3 Å². The zero-order chi connectivity index (χ0) is 27.8. The van der Waals surface area contributed by atoms with Gasteiger partial charge >= 0.3 is 0 Å². The Kier molecular flexibility index (Phi) is 6.33. The van der Waals surface area contributed by atoms with E-state index in [1.807, 2.05) is 78.9 Å². The lowest BCUT2D eigenvalue weighted by atomic mass is 9.77. The second-order valence-corrected chi connectivity index (χ2v) is 10.7. The maximum absolute atomic E-state index is 6.28. The highest BCUT2D eigenvalue weighted by Gasteiger charge is 2.41. The van der Waals surface area contributed by atoms with E-state index in [0.29, 0.717) is 10.5 Å². The number of aryl methyl sites for hydroxylation is 1. The van der Waals surface area contributed by atoms with Gasteiger partial charge in [0.05, 0.1) is 0 Å². The topological polar surface area (TPSA) is 56.7 Å². The molecule has 2 aromatic heterocycles. The van der Waals surface area contributed by atoms with Crippen molar-refractivity contribution in [2.75, 3.05) is 0 Å². The average Bonchev–Trinajstić information content (AvgIpc) is 3.64. The summed E-state index contributed by atoms with van der Waals surface area (Å²) in [4.78, 5) is 1.75. The van der Waals surface area contributed by atoms with Crippen molar-refractivity contribution in [1.82, 2.24) is 20.2 Å². The highest BCUT2D eigenvalue weighted by Crippen LogP contribution is 2.42. The van der Waals surface area contributed by atoms with Crippen LogP contribution in [0.2, 0.25) is 0 Å². The minimum atomic E-state index is -0.845. The van der Waals surface area contributed by atoms with Gasteiger partial charge in [-0.05, 0) is 50.8 Å². The minimum absolute atomic E-state index is 0.514. The number of tetrazole rings is 1. The molecule has 0 fully saturated rings. The molecule has 0 saturated carbocycles. The second-order valence-electron chi connectivity index (χ2n) is 10.0. The van der Waals surface area contributed by atoms with Crippen LogP contribution in [0.25, 0.3) is 33.5 Å². The van der Waals surface area contributed by atoms with Gasteiger partial charge in [-0.15, -0.1) is 15.0 Å². The highest BCUT2D eigenvalue weighted by molar-refractivity contribution is 9.10. The minimum Gasteiger partial charge on any atom is -0.448 e. The number of furan rings is 1. The van der Waals surface area contributed by atoms with E-state index in [-0.39, 0.29) is 0 Å². The lowest BCUT2D eigenvalue weighted by Gasteiger charge is -2.34. The van der Waals surface area contributed by atoms with Crippen LogP contribution in [0.3, 0.4) is 0 Å². The molecule has 0 aliphatic carbocycles. The third-order valence-corrected chi connectivity index (χ3v) is 8.11. The van der Waals surface area contributed by atoms with Crippen molar-refractivity contribution >= 4 is 26.7 Å². The first-order valence-corrected chi connectivity index (χ1v) is 14.2. The quantitative estimate of drug-likeness (QED) is 0.180. The average molecular weight is 598 g/mol. The van der Waals surface area contributed by atoms with Crippen LogP contribution in [0, 0.1) is 6.92 Å². The van der Waals surface area contributed by atoms with Crippen molar-refractivity contribution in [3.8, 4) is 22.7 Å². The summed E-state index contributed by atoms with van der Waals surface area (Å²) in [5.74, 6) is 1.28. The number of hydrogen-bond donors (Lipinski definition) is 0. The van der Waals surface area contributed by atoms with Gasteiger partial charge in [0.1, 0.15) is 5.76 Å². The van der Waals surface area contributed by atoms with Gasteiger partial charge in [-0.3, -0.25) is 0 Å². The van der Waals surface area contributed by atoms with E-state index in [1.165, 1.54) is 5.56 Å². The van der Waals surface area contributed by atoms with Crippen LogP contribution in [-0.2, 0) is 5.54 Å². The summed E-state index contributed by atoms with van der Waals surface area (Å²) in [7, 11) is 0. The molecule has 0 bridgehead atoms. The fourth-order valence-electron chi connectivity index (χ4n) is 5.64. The first kappa shape index (κ1) is 25.2. The molecule has 198 valence electrons. The van der Waals surface area contributed by atoms with Crippen molar-refractivity contribution in [1.29, 1.82) is 0 Å². The largest absolute Gasteiger partial charge is 0.448 e. The molecule has 5 aromatic carbocycles. The molecule has 7 aromatic rings. The van der Waals surface area contributed by atoms with E-state index < -0.39 is 5.54 Å². The summed E-state index contributed by atoms with van der Waals surface area (Å²) in [6, 6.07) is 45.4. The van der Waals surface area contributed by atoms with Crippen LogP contribution in [0.15, 0.2) is 143 Å². The lowest BCUT2D eigenvalue weighted by molar-refractivity contribution is 0.396. The molecule has 6 heteroatoms. The zero-order valence-electron chi connectivity index (χ0n) is 22.3. The zero-order valence-corrected chi connectivity index (χ0v) is 23.9. The number of rotatable bonds is 6. The summed E-state index contributed by atoms with van der Waals surface area (Å²) in [6.07, 6.45) is 0. The van der Waals surface area contributed by atoms with E-state index in [4.69, 9.17) is 14.7 Å². The Morgan fingerprint density at radius 2 is 1.17 bits per heavy atom. The Morgan fingerprint density at radius 3 is 1.76 bits per heavy atom. The molecule has 0 radical (unpaired) electrons. The third kappa shape index (κ3) is 4.19. The number of hydrogen-bond acceptors (Lipinski definition) is 4. The molecule has 2 heterocycles. The van der Waals surface area contributed by atoms with Crippen molar-refractivity contribution in [2.45, 2.75) is 12.5 Å². The van der Waals surface area contributed by atoms with Crippen molar-refractivity contribution < 1.29 is 4.42 Å². The molecule has 0 aliphatic heterocycles. The van der Waals surface area contributed by atoms with Crippen LogP contribution in [0.5, 0.6) is 0 Å². The smallest absolute Gasteiger partial charge is 0.205 e. The van der Waals surface area contributed by atoms with Gasteiger partial charge in [0.15, 0.2) is 10.2 Å². The predicted octanol–water partition coefficient (Wildman–Crippen LogP) is 8.66. The first-order valence-electron chi connectivity index (χ1n) is 13.4. The lowest BCUT2D eigenvalue weighted by Crippen LogP contribution is -2.39. The molecular weight excluding hydrogens is 572 g/mol. The second kappa shape index (κ2) is 10.3. The monoisotopic (exact) mass is 596 g/mol. The molecule has 41 heavy (non-hydrogen) atoms. The highest BCUT2D eigenvalue weighted by atomic mass is 79.9. The molecule has 7 rings (SSSR count). The van der Waals surface area contributed by atoms with Gasteiger partial charge in [-0.2, -0.15) is 0 Å². The maximum Gasteiger partial charge on any atom is 0.205 e. The fraction of sp³-hybridized carbons (Fsp3) is 0.0571. The Bertz CT molecular complexity index is 1870. The van der Waals surface area contributed by atoms with Crippen LogP contribution in [-0.4, -0.2) is 20.2 Å². The Labute approximate surface area is 246 Å². The van der Waals surface area contributed by atoms with Gasteiger partial charge < -0.3 is 4.42 Å². The number of nitrogens with zero attached hydrogens (tertiary/aromatic N) is 4. The summed E-state index contributed by atoms with van der Waals surface area (Å²) in [5.41, 5.74) is 5.16. The third-order valence-electron chi connectivity index (χ3n) is 7.52. The van der Waals surface area contributed by atoms with E-state index in [2.05, 4.69) is 82.5 Å². The van der Waals surface area contributed by atoms with Crippen LogP contribution < -0.4 is 0 Å². The Balaban J connectivity index is 1.46. The SMILES string of the molecule is Cc1ccc2c(-c3ccccc3-c3nnn(C(c4ccccc4)(c4ccccc4)c4ccccc4)n3)oc(Br)c2c1. The molecule has 0 amide bonds. The molecule has 0 N–H and O–H groups in total. The Morgan fingerprint density at radius 1 is 0.634 bits per heavy atom. The van der Waals surface area contributed by atoms with Crippen molar-refractivity contribution in [2.24, 2.45) is 0 Å². The normalized spacial score (nSPS) is 11.7. The fourth-order valence-corrected chi connectivity index (χ4v) is 6.13. The molecule has 0 saturated heterocycles. The van der Waals surface area contributed by atoms with Crippen LogP contribution in [0.4, 0.5) is 0 Å². The molecule has 0 atom stereocenters. The first-order chi connectivity index (χ1) is 20.2. The van der Waals surface area contributed by atoms with Gasteiger partial charge in [0.25, 0.3) is 0 Å². The number of benzene rings is 5. The molecular formula is C35H25BrN4O. The summed E-state index contributed by atoms with van der Waals surface area (Å²) < 4.78 is 6.99. The predicted molar refractivity (Wildman–Crippen MR) is 166 cm³/mol. The number of halogens is 1.